The van der Waals surface area contributed by atoms with Gasteiger partial charge < -0.3 is 4.74 Å². The van der Waals surface area contributed by atoms with E-state index >= 15 is 0 Å². The van der Waals surface area contributed by atoms with Crippen LogP contribution in [0.5, 0.6) is 11.5 Å². The summed E-state index contributed by atoms with van der Waals surface area (Å²) in [6.07, 6.45) is 0. The van der Waals surface area contributed by atoms with Gasteiger partial charge in [0.05, 0.1) is 0 Å². The van der Waals surface area contributed by atoms with Crippen molar-refractivity contribution in [1.29, 1.82) is 0 Å². The van der Waals surface area contributed by atoms with Crippen molar-refractivity contribution in [1.82, 2.24) is 0 Å². The van der Waals surface area contributed by atoms with Gasteiger partial charge in [0.1, 0.15) is 5.75 Å². The molecule has 0 spiro atoms. The van der Waals surface area contributed by atoms with E-state index in [9.17, 15) is 4.39 Å². The Kier molecular flexibility index (Phi) is 4.18. The van der Waals surface area contributed by atoms with Gasteiger partial charge in [-0.15, -0.1) is 0 Å². The minimum atomic E-state index is -0.365. The van der Waals surface area contributed by atoms with Crippen molar-refractivity contribution in [2.45, 2.75) is 5.33 Å². The molecule has 0 amide bonds. The molecule has 0 N–H and O–H groups in total. The van der Waals surface area contributed by atoms with E-state index in [4.69, 9.17) is 4.74 Å². The van der Waals surface area contributed by atoms with Crippen LogP contribution in [-0.2, 0) is 5.33 Å². The van der Waals surface area contributed by atoms with Crippen LogP contribution >= 0.6 is 31.9 Å². The first-order chi connectivity index (χ1) is 8.20. The van der Waals surface area contributed by atoms with Crippen molar-refractivity contribution < 1.29 is 9.13 Å². The van der Waals surface area contributed by atoms with Gasteiger partial charge in [0.25, 0.3) is 0 Å². The lowest BCUT2D eigenvalue weighted by molar-refractivity contribution is 0.442. The zero-order chi connectivity index (χ0) is 12.3. The molecule has 0 bridgehead atoms. The van der Waals surface area contributed by atoms with E-state index in [0.717, 1.165) is 10.0 Å². The van der Waals surface area contributed by atoms with E-state index in [2.05, 4.69) is 31.9 Å². The van der Waals surface area contributed by atoms with Gasteiger partial charge in [-0.2, -0.15) is 0 Å². The molecule has 2 rings (SSSR count). The van der Waals surface area contributed by atoms with Gasteiger partial charge in [-0.3, -0.25) is 0 Å². The maximum absolute atomic E-state index is 13.4. The second-order valence-electron chi connectivity index (χ2n) is 3.42. The molecule has 0 saturated carbocycles. The lowest BCUT2D eigenvalue weighted by Crippen LogP contribution is -1.89. The van der Waals surface area contributed by atoms with Gasteiger partial charge in [0.15, 0.2) is 11.6 Å². The molecule has 0 aliphatic rings. The third kappa shape index (κ3) is 3.07. The van der Waals surface area contributed by atoms with Gasteiger partial charge in [-0.05, 0) is 35.9 Å². The van der Waals surface area contributed by atoms with E-state index in [1.165, 1.54) is 6.07 Å². The molecule has 0 heterocycles. The van der Waals surface area contributed by atoms with Crippen molar-refractivity contribution >= 4 is 31.9 Å². The Bertz CT molecular complexity index is 529. The predicted octanol–water partition coefficient (Wildman–Crippen LogP) is 5.28. The molecule has 0 aliphatic heterocycles. The molecular formula is C13H9Br2FO. The number of hydrogen-bond donors (Lipinski definition) is 0. The fraction of sp³-hybridized carbons (Fsp3) is 0.0769. The number of halogens is 3. The monoisotopic (exact) mass is 358 g/mol. The Balaban J connectivity index is 2.28. The summed E-state index contributed by atoms with van der Waals surface area (Å²) in [4.78, 5) is 0. The number of hydrogen-bond acceptors (Lipinski definition) is 1. The third-order valence-corrected chi connectivity index (χ3v) is 3.60. The Hall–Kier alpha value is -0.870. The summed E-state index contributed by atoms with van der Waals surface area (Å²) in [5, 5.41) is 0.710. The highest BCUT2D eigenvalue weighted by atomic mass is 79.9. The summed E-state index contributed by atoms with van der Waals surface area (Å²) in [5.41, 5.74) is 1.05. The lowest BCUT2D eigenvalue weighted by Gasteiger charge is -2.08. The van der Waals surface area contributed by atoms with Gasteiger partial charge in [-0.25, -0.2) is 4.39 Å². The van der Waals surface area contributed by atoms with Crippen LogP contribution in [0.4, 0.5) is 4.39 Å². The molecule has 2 aromatic rings. The average Bonchev–Trinajstić information content (AvgIpc) is 2.34. The fourth-order valence-electron chi connectivity index (χ4n) is 1.37. The molecule has 0 aromatic heterocycles. The smallest absolute Gasteiger partial charge is 0.165 e. The molecule has 17 heavy (non-hydrogen) atoms. The Labute approximate surface area is 116 Å². The van der Waals surface area contributed by atoms with Crippen LogP contribution in [0.25, 0.3) is 0 Å². The molecule has 0 radical (unpaired) electrons. The second-order valence-corrected chi connectivity index (χ2v) is 4.83. The van der Waals surface area contributed by atoms with Crippen LogP contribution in [0.2, 0.25) is 0 Å². The van der Waals surface area contributed by atoms with Crippen LogP contribution in [0, 0.1) is 5.82 Å². The van der Waals surface area contributed by atoms with Crippen molar-refractivity contribution in [3.8, 4) is 11.5 Å². The van der Waals surface area contributed by atoms with Crippen molar-refractivity contribution in [3.05, 3.63) is 58.3 Å². The summed E-state index contributed by atoms with van der Waals surface area (Å²) in [7, 11) is 0. The number of alkyl halides is 1. The van der Waals surface area contributed by atoms with E-state index in [1.54, 1.807) is 24.3 Å². The van der Waals surface area contributed by atoms with Gasteiger partial charge in [-0.1, -0.05) is 44.0 Å². The summed E-state index contributed by atoms with van der Waals surface area (Å²) in [6, 6.07) is 11.9. The zero-order valence-corrected chi connectivity index (χ0v) is 12.0. The normalized spacial score (nSPS) is 10.3. The van der Waals surface area contributed by atoms with Crippen LogP contribution in [-0.4, -0.2) is 0 Å². The number of rotatable bonds is 3. The summed E-state index contributed by atoms with van der Waals surface area (Å²) < 4.78 is 19.9. The van der Waals surface area contributed by atoms with Gasteiger partial charge in [0, 0.05) is 9.80 Å². The summed E-state index contributed by atoms with van der Waals surface area (Å²) in [5.74, 6) is 0.485. The first-order valence-corrected chi connectivity index (χ1v) is 6.89. The largest absolute Gasteiger partial charge is 0.454 e. The van der Waals surface area contributed by atoms with E-state index < -0.39 is 0 Å². The molecule has 0 aliphatic carbocycles. The lowest BCUT2D eigenvalue weighted by atomic mass is 10.2. The third-order valence-electron chi connectivity index (χ3n) is 2.23. The molecular weight excluding hydrogens is 351 g/mol. The molecule has 4 heteroatoms. The molecule has 0 atom stereocenters. The van der Waals surface area contributed by atoms with Crippen LogP contribution < -0.4 is 4.74 Å². The minimum Gasteiger partial charge on any atom is -0.454 e. The first-order valence-electron chi connectivity index (χ1n) is 4.97. The highest BCUT2D eigenvalue weighted by molar-refractivity contribution is 9.10. The van der Waals surface area contributed by atoms with Crippen molar-refractivity contribution in [2.75, 3.05) is 0 Å². The summed E-state index contributed by atoms with van der Waals surface area (Å²) >= 11 is 6.81. The SMILES string of the molecule is Fc1ccccc1Oc1ccc(Br)c(CBr)c1. The van der Waals surface area contributed by atoms with E-state index in [1.807, 2.05) is 12.1 Å². The molecule has 0 saturated heterocycles. The molecule has 0 unspecified atom stereocenters. The molecule has 2 aromatic carbocycles. The summed E-state index contributed by atoms with van der Waals surface area (Å²) in [6.45, 7) is 0. The minimum absolute atomic E-state index is 0.232. The molecule has 0 fully saturated rings. The van der Waals surface area contributed by atoms with Gasteiger partial charge >= 0.3 is 0 Å². The molecule has 88 valence electrons. The topological polar surface area (TPSA) is 9.23 Å². The number of benzene rings is 2. The average molecular weight is 360 g/mol. The highest BCUT2D eigenvalue weighted by Crippen LogP contribution is 2.29. The Morgan fingerprint density at radius 3 is 2.59 bits per heavy atom. The predicted molar refractivity (Wildman–Crippen MR) is 73.2 cm³/mol. The highest BCUT2D eigenvalue weighted by Gasteiger charge is 2.05. The maximum Gasteiger partial charge on any atom is 0.165 e. The van der Waals surface area contributed by atoms with Gasteiger partial charge in [0.2, 0.25) is 0 Å². The quantitative estimate of drug-likeness (QED) is 0.678. The van der Waals surface area contributed by atoms with Crippen LogP contribution in [0.15, 0.2) is 46.9 Å². The maximum atomic E-state index is 13.4. The fourth-order valence-corrected chi connectivity index (χ4v) is 2.60. The second kappa shape index (κ2) is 5.65. The Morgan fingerprint density at radius 2 is 1.88 bits per heavy atom. The van der Waals surface area contributed by atoms with E-state index in [-0.39, 0.29) is 11.6 Å². The number of para-hydroxylation sites is 1. The van der Waals surface area contributed by atoms with Crippen LogP contribution in [0.1, 0.15) is 5.56 Å². The standard InChI is InChI=1S/C13H9Br2FO/c14-8-9-7-10(5-6-11(9)15)17-13-4-2-1-3-12(13)16/h1-7H,8H2. The molecule has 1 nitrogen and oxygen atoms in total. The van der Waals surface area contributed by atoms with E-state index in [0.29, 0.717) is 11.1 Å². The van der Waals surface area contributed by atoms with Crippen molar-refractivity contribution in [3.63, 3.8) is 0 Å². The zero-order valence-electron chi connectivity index (χ0n) is 8.79. The van der Waals surface area contributed by atoms with Crippen LogP contribution in [0.3, 0.4) is 0 Å². The van der Waals surface area contributed by atoms with Crippen molar-refractivity contribution in [2.24, 2.45) is 0 Å². The Morgan fingerprint density at radius 1 is 1.12 bits per heavy atom. The number of ether oxygens (including phenoxy) is 1. The first kappa shape index (κ1) is 12.6.